The lowest BCUT2D eigenvalue weighted by molar-refractivity contribution is -0.138. The number of aromatic hydroxyl groups is 1. The molecular weight excluding hydrogens is 1850 g/mol. The number of amides is 2. The number of thioether (sulfide) groups is 1. The fourth-order valence-electron chi connectivity index (χ4n) is 9.30. The van der Waals surface area contributed by atoms with E-state index in [1.807, 2.05) is 71.6 Å². The summed E-state index contributed by atoms with van der Waals surface area (Å²) in [5.74, 6) is 20.1. The molecule has 11 N–H and O–H groups in total. The Labute approximate surface area is 941 Å². The second kappa shape index (κ2) is 129. The van der Waals surface area contributed by atoms with Crippen LogP contribution in [0.3, 0.4) is 0 Å². The summed E-state index contributed by atoms with van der Waals surface area (Å²) in [6.07, 6.45) is 30.1. The number of nitrogens with one attached hydrogen (secondary N) is 2. The third kappa shape index (κ3) is 207. The van der Waals surface area contributed by atoms with Crippen molar-refractivity contribution in [2.45, 2.75) is 536 Å². The van der Waals surface area contributed by atoms with Crippen LogP contribution in [-0.2, 0) is 44.9 Å². The average molecular weight is 2130 g/mol. The van der Waals surface area contributed by atoms with E-state index in [9.17, 15) is 19.2 Å². The van der Waals surface area contributed by atoms with Crippen molar-refractivity contribution in [3.63, 3.8) is 0 Å². The van der Waals surface area contributed by atoms with Gasteiger partial charge in [-0.15, -0.1) is 0 Å². The number of aliphatic carboxylic acids is 2. The first kappa shape index (κ1) is 179. The molecule has 3 aromatic carbocycles. The Kier molecular flexibility index (Phi) is 155. The monoisotopic (exact) mass is 2130 g/mol. The molecule has 2 heterocycles. The van der Waals surface area contributed by atoms with Crippen LogP contribution in [0.2, 0.25) is 0 Å². The smallest absolute Gasteiger partial charge is 0.303 e. The van der Waals surface area contributed by atoms with Crippen LogP contribution in [0.15, 0.2) is 97.6 Å². The molecule has 0 saturated heterocycles. The average Bonchev–Trinajstić information content (AvgIpc) is 1.69. The number of nitrogens with two attached hydrogens (primary N) is 3. The molecule has 5 rings (SSSR count). The maximum Gasteiger partial charge on any atom is 0.303 e. The molecule has 894 valence electrons. The van der Waals surface area contributed by atoms with E-state index in [0.717, 1.165) is 157 Å². The third-order valence-electron chi connectivity index (χ3n) is 22.7. The molecule has 2 amide bonds. The molecular formula is C135H276N6O7S. The van der Waals surface area contributed by atoms with Crippen molar-refractivity contribution in [2.75, 3.05) is 18.6 Å². The highest BCUT2D eigenvalue weighted by Crippen LogP contribution is 2.22. The summed E-state index contributed by atoms with van der Waals surface area (Å²) in [5.41, 5.74) is 21.7. The van der Waals surface area contributed by atoms with Gasteiger partial charge in [-0.1, -0.05) is 514 Å². The second-order valence-corrected chi connectivity index (χ2v) is 51.2. The first-order valence-corrected chi connectivity index (χ1v) is 61.4. The van der Waals surface area contributed by atoms with Crippen molar-refractivity contribution in [1.29, 1.82) is 0 Å². The SMILES string of the molecule is CC(C)C.CC(C)C(C)C.CC(C)C(C)C.CC(C)C(C)C.CC(C)CC(=O)O.CC(C)CC(C)C.CC(C)CC(N)=O.CC(C)CCC(=O)O.CC(C)CCC(N)=O.CC(C)CCCCN.CC(C)Cc1c[nH]c2ccccc12.CC(C)Cc1ccc(O)cc1.CC(C)Cc1ccccc1.CC(C)Cc1cnc[nH]1.CCC.CCC(C)C.CCC(C)C.CCC(C)C.CC[C@@H](C)C(C)C.CC[C@H](C)C(C)C.CSCCC(C)C. The predicted molar refractivity (Wildman–Crippen MR) is 686 cm³/mol. The van der Waals surface area contributed by atoms with E-state index in [-0.39, 0.29) is 24.2 Å². The maximum atomic E-state index is 10.1. The molecule has 0 saturated carbocycles. The number of rotatable bonds is 37. The molecule has 13 nitrogen and oxygen atoms in total. The van der Waals surface area contributed by atoms with Crippen LogP contribution in [0, 0.1) is 154 Å². The van der Waals surface area contributed by atoms with Gasteiger partial charge in [0.15, 0.2) is 0 Å². The number of aromatic amines is 2. The standard InChI is InChI=1S/C12H15N.C10H14O.C10H14.C7H12N2.C7H17N.3C7H16.C6H13NO.C6H12O2.C6H14S.3C6H14.C5H11NO.C5H10O2.3C5H12.C4H10.C3H8/c1-9(2)7-10-8-13-12-6-4-3-5-11(10)12;1-8(2)7-9-3-5-10(11)6-4-9;1-9(2)8-10-6-4-3-5-7-10;1-6(2)3-7-4-8-5-9-7;1-7(2)5-3-4-6-8;1-6(2)5-7(3)4;2*1-5-7(4)6(2)3;2*1-5(2)3-4-6(7)8;1-6(2)4-5-7-3;3*1-5(2)6(3)4;2*1-4(2)3-5(6)7;3*1-4-5(2)3;1-4(2)3;1-3-2/h3-6,8-9,13H,7H2,1-2H3;3-6,8,11H,7H2,1-2H3;3-7,9H,8H2,1-2H3;4-6H,3H2,1-2H3,(H,8,9);7H,3-6,8H2,1-2H3;3*6-7H,5H2,1-4H3;5H,3-4H2,1-2H3,(H2,7,8);5H,3-4H2,1-2H3,(H,7,8);6H,4-5H2,1-3H3;3*5-6H,1-4H3;4H,3H2,1-2H3,(H2,6,7);4H,3H2,1-2H3,(H,6,7);3*5H,4H2,1-3H3;4H,1-3H3;3H2,1-2H3/t;;;;;;2*7-;;;;;;;;;;;;;/m......10............./s1. The molecule has 149 heavy (non-hydrogen) atoms. The quantitative estimate of drug-likeness (QED) is 0.0175. The Hall–Kier alpha value is -5.60. The van der Waals surface area contributed by atoms with Gasteiger partial charge in [-0.25, -0.2) is 4.98 Å². The van der Waals surface area contributed by atoms with Gasteiger partial charge in [0.25, 0.3) is 0 Å². The Morgan fingerprint density at radius 1 is 0.336 bits per heavy atom. The third-order valence-corrected chi connectivity index (χ3v) is 23.4. The van der Waals surface area contributed by atoms with E-state index >= 15 is 0 Å². The number of imidazole rings is 1. The fraction of sp³-hybridized carbons (Fsp3) is 0.800. The van der Waals surface area contributed by atoms with Crippen molar-refractivity contribution >= 4 is 46.4 Å². The molecule has 0 spiro atoms. The number of phenols is 1. The Balaban J connectivity index is -0.0000000897. The minimum absolute atomic E-state index is 0.196. The number of benzene rings is 3. The molecule has 0 aliphatic heterocycles. The number of primary amides is 2. The van der Waals surface area contributed by atoms with Crippen LogP contribution in [0.5, 0.6) is 5.75 Å². The molecule has 0 unspecified atom stereocenters. The minimum atomic E-state index is -0.713. The van der Waals surface area contributed by atoms with Crippen LogP contribution >= 0.6 is 11.8 Å². The van der Waals surface area contributed by atoms with Gasteiger partial charge in [-0.2, -0.15) is 11.8 Å². The van der Waals surface area contributed by atoms with E-state index in [0.29, 0.717) is 54.6 Å². The second-order valence-electron chi connectivity index (χ2n) is 50.2. The number of para-hydroxylation sites is 1. The number of phenolic OH excluding ortho intramolecular Hbond substituents is 1. The summed E-state index contributed by atoms with van der Waals surface area (Å²) >= 11 is 1.93. The van der Waals surface area contributed by atoms with E-state index < -0.39 is 11.9 Å². The van der Waals surface area contributed by atoms with E-state index in [4.69, 9.17) is 32.5 Å². The Morgan fingerprint density at radius 3 is 0.852 bits per heavy atom. The van der Waals surface area contributed by atoms with E-state index in [1.54, 1.807) is 18.5 Å². The Bertz CT molecular complexity index is 3170. The first-order chi connectivity index (χ1) is 68.4. The summed E-state index contributed by atoms with van der Waals surface area (Å²) in [6.45, 7) is 128. The number of carboxylic acid groups (broad SMARTS) is 2. The largest absolute Gasteiger partial charge is 0.508 e. The summed E-state index contributed by atoms with van der Waals surface area (Å²) < 4.78 is 0. The fourth-order valence-corrected chi connectivity index (χ4v) is 10.0. The van der Waals surface area contributed by atoms with Gasteiger partial charge in [-0.3, -0.25) is 19.2 Å². The summed E-state index contributed by atoms with van der Waals surface area (Å²) in [7, 11) is 0. The molecule has 0 radical (unpaired) electrons. The van der Waals surface area contributed by atoms with Gasteiger partial charge in [0.2, 0.25) is 11.8 Å². The van der Waals surface area contributed by atoms with Crippen LogP contribution in [-0.4, -0.2) is 72.6 Å². The summed E-state index contributed by atoms with van der Waals surface area (Å²) in [6, 6.07) is 26.5. The molecule has 0 aliphatic rings. The van der Waals surface area contributed by atoms with Crippen LogP contribution < -0.4 is 17.2 Å². The number of carbonyl (C=O) groups is 4. The number of carboxylic acids is 2. The summed E-state index contributed by atoms with van der Waals surface area (Å²) in [5, 5.41) is 26.6. The van der Waals surface area contributed by atoms with Gasteiger partial charge >= 0.3 is 11.9 Å². The van der Waals surface area contributed by atoms with Crippen molar-refractivity contribution in [3.8, 4) is 5.75 Å². The zero-order valence-corrected chi connectivity index (χ0v) is 112. The van der Waals surface area contributed by atoms with Gasteiger partial charge in [-0.05, 0) is 265 Å². The lowest BCUT2D eigenvalue weighted by atomic mass is 9.96. The van der Waals surface area contributed by atoms with Gasteiger partial charge in [0.1, 0.15) is 5.75 Å². The lowest BCUT2D eigenvalue weighted by Gasteiger charge is -2.10. The molecule has 2 atom stereocenters. The first-order valence-electron chi connectivity index (χ1n) is 60.0. The van der Waals surface area contributed by atoms with Gasteiger partial charge < -0.3 is 42.5 Å². The number of carbonyl (C=O) groups excluding carboxylic acids is 2. The number of hydrogen-bond donors (Lipinski definition) is 8. The molecule has 0 fully saturated rings. The number of fused-ring (bicyclic) bond motifs is 1. The minimum Gasteiger partial charge on any atom is -0.508 e. The zero-order chi connectivity index (χ0) is 121. The number of hydrogen-bond acceptors (Lipinski definition) is 8. The molecule has 5 aromatic rings. The number of aromatic nitrogens is 3. The molecule has 2 aromatic heterocycles. The number of unbranched alkanes of at least 4 members (excludes halogenated alkanes) is 1. The van der Waals surface area contributed by atoms with Crippen LogP contribution in [0.25, 0.3) is 10.9 Å². The van der Waals surface area contributed by atoms with Crippen molar-refractivity contribution in [1.82, 2.24) is 15.0 Å². The van der Waals surface area contributed by atoms with Gasteiger partial charge in [0, 0.05) is 54.7 Å². The lowest BCUT2D eigenvalue weighted by Crippen LogP contribution is -2.12. The van der Waals surface area contributed by atoms with Crippen LogP contribution in [0.4, 0.5) is 0 Å². The molecule has 0 aliphatic carbocycles. The van der Waals surface area contributed by atoms with E-state index in [2.05, 4.69) is 442 Å². The number of nitrogens with zero attached hydrogens (tertiary/aromatic N) is 1. The van der Waals surface area contributed by atoms with E-state index in [1.165, 1.54) is 116 Å². The highest BCUT2D eigenvalue weighted by atomic mass is 32.2. The van der Waals surface area contributed by atoms with Crippen molar-refractivity contribution < 1.29 is 34.5 Å². The normalized spacial score (nSPS) is 10.7. The molecule has 0 bridgehead atoms. The highest BCUT2D eigenvalue weighted by Gasteiger charge is 2.08. The van der Waals surface area contributed by atoms with Crippen molar-refractivity contribution in [3.05, 3.63) is 120 Å². The van der Waals surface area contributed by atoms with Crippen LogP contribution in [0.1, 0.15) is 533 Å². The Morgan fingerprint density at radius 2 is 0.658 bits per heavy atom. The van der Waals surface area contributed by atoms with Gasteiger partial charge in [0.05, 0.1) is 6.33 Å². The number of H-pyrrole nitrogens is 2. The van der Waals surface area contributed by atoms with Crippen molar-refractivity contribution in [2.24, 2.45) is 171 Å². The summed E-state index contributed by atoms with van der Waals surface area (Å²) in [4.78, 5) is 50.1. The zero-order valence-electron chi connectivity index (χ0n) is 112. The maximum absolute atomic E-state index is 10.1. The molecule has 14 heteroatoms. The highest BCUT2D eigenvalue weighted by molar-refractivity contribution is 7.98. The predicted octanol–water partition coefficient (Wildman–Crippen LogP) is 42.9. The topological polar surface area (TPSA) is 251 Å².